The molecule has 7 nitrogen and oxygen atoms in total. The van der Waals surface area contributed by atoms with Crippen molar-refractivity contribution in [2.24, 2.45) is 5.73 Å². The van der Waals surface area contributed by atoms with Crippen LogP contribution in [-0.2, 0) is 0 Å². The first-order valence-electron chi connectivity index (χ1n) is 8.00. The van der Waals surface area contributed by atoms with Crippen LogP contribution in [-0.4, -0.2) is 19.6 Å². The summed E-state index contributed by atoms with van der Waals surface area (Å²) in [7, 11) is 0. The quantitative estimate of drug-likeness (QED) is 0.420. The summed E-state index contributed by atoms with van der Waals surface area (Å²) in [6.45, 7) is 0. The van der Waals surface area contributed by atoms with Crippen LogP contribution in [0.15, 0.2) is 54.6 Å². The van der Waals surface area contributed by atoms with Crippen molar-refractivity contribution in [1.82, 2.24) is 14.5 Å². The number of aromatic amines is 1. The lowest BCUT2D eigenvalue weighted by atomic mass is 10.3. The number of nitriles is 1. The van der Waals surface area contributed by atoms with E-state index < -0.39 is 5.88 Å². The van der Waals surface area contributed by atoms with Gasteiger partial charge in [0.05, 0.1) is 11.0 Å². The maximum absolute atomic E-state index is 9.85. The Kier molecular flexibility index (Phi) is 3.99. The molecule has 0 bridgehead atoms. The number of H-pyrrole nitrogens is 1. The highest BCUT2D eigenvalue weighted by atomic mass is 32.1. The number of para-hydroxylation sites is 3. The van der Waals surface area contributed by atoms with E-state index in [2.05, 4.69) is 16.0 Å². The number of rotatable bonds is 2. The number of hydrogen-bond acceptors (Lipinski definition) is 6. The molecule has 27 heavy (non-hydrogen) atoms. The average molecular weight is 374 g/mol. The van der Waals surface area contributed by atoms with Crippen molar-refractivity contribution in [3.05, 3.63) is 75.1 Å². The Morgan fingerprint density at radius 2 is 1.89 bits per heavy atom. The maximum atomic E-state index is 9.85. The molecular weight excluding hydrogens is 360 g/mol. The first-order chi connectivity index (χ1) is 13.1. The molecule has 0 saturated heterocycles. The van der Waals surface area contributed by atoms with Crippen LogP contribution in [0, 0.1) is 16.7 Å². The van der Waals surface area contributed by atoms with Crippen molar-refractivity contribution in [2.45, 2.75) is 0 Å². The van der Waals surface area contributed by atoms with E-state index in [4.69, 9.17) is 11.1 Å². The highest BCUT2D eigenvalue weighted by Crippen LogP contribution is 2.15. The minimum atomic E-state index is -0.456. The minimum absolute atomic E-state index is 0.00469. The Bertz CT molecular complexity index is 1330. The fourth-order valence-corrected chi connectivity index (χ4v) is 3.85. The molecule has 0 radical (unpaired) electrons. The van der Waals surface area contributed by atoms with E-state index in [-0.39, 0.29) is 15.6 Å². The zero-order valence-corrected chi connectivity index (χ0v) is 14.8. The summed E-state index contributed by atoms with van der Waals surface area (Å²) in [5.74, 6) is -0.0597. The van der Waals surface area contributed by atoms with Gasteiger partial charge in [-0.25, -0.2) is 4.98 Å². The van der Waals surface area contributed by atoms with Crippen molar-refractivity contribution in [2.75, 3.05) is 0 Å². The van der Waals surface area contributed by atoms with Gasteiger partial charge in [0.25, 0.3) is 0 Å². The van der Waals surface area contributed by atoms with Gasteiger partial charge in [-0.2, -0.15) is 5.26 Å². The number of nitrogens with two attached hydrogens (primary N) is 1. The predicted molar refractivity (Wildman–Crippen MR) is 103 cm³/mol. The lowest BCUT2D eigenvalue weighted by Gasteiger charge is -2.03. The number of thiazole rings is 1. The molecule has 4 rings (SSSR count). The van der Waals surface area contributed by atoms with Gasteiger partial charge in [-0.1, -0.05) is 30.3 Å². The summed E-state index contributed by atoms with van der Waals surface area (Å²) in [6, 6.07) is 18.8. The molecule has 5 N–H and O–H groups in total. The fourth-order valence-electron chi connectivity index (χ4n) is 2.83. The second-order valence-electron chi connectivity index (χ2n) is 5.73. The Morgan fingerprint density at radius 3 is 2.56 bits per heavy atom. The van der Waals surface area contributed by atoms with E-state index in [1.165, 1.54) is 0 Å². The van der Waals surface area contributed by atoms with Crippen molar-refractivity contribution < 1.29 is 5.11 Å². The second kappa shape index (κ2) is 6.48. The third-order valence-electron chi connectivity index (χ3n) is 4.04. The second-order valence-corrected chi connectivity index (χ2v) is 6.73. The third-order valence-corrected chi connectivity index (χ3v) is 5.23. The summed E-state index contributed by atoms with van der Waals surface area (Å²) in [6.07, 6.45) is 0. The van der Waals surface area contributed by atoms with E-state index in [0.717, 1.165) is 22.4 Å². The first-order valence-corrected chi connectivity index (χ1v) is 8.82. The number of fused-ring (bicyclic) bond motifs is 1. The van der Waals surface area contributed by atoms with Crippen LogP contribution in [0.5, 0.6) is 0 Å². The minimum Gasteiger partial charge on any atom is -0.494 e. The van der Waals surface area contributed by atoms with Crippen LogP contribution in [0.2, 0.25) is 0 Å². The highest BCUT2D eigenvalue weighted by molar-refractivity contribution is 7.07. The Hall–Kier alpha value is -3.83. The molecule has 0 aliphatic carbocycles. The van der Waals surface area contributed by atoms with Crippen LogP contribution in [0.1, 0.15) is 5.82 Å². The topological polar surface area (TPSA) is 128 Å². The number of aromatic nitrogens is 3. The van der Waals surface area contributed by atoms with Gasteiger partial charge in [0.2, 0.25) is 5.88 Å². The van der Waals surface area contributed by atoms with Gasteiger partial charge in [-0.15, -0.1) is 11.3 Å². The predicted octanol–water partition coefficient (Wildman–Crippen LogP) is 1.20. The number of hydrogen-bond donors (Lipinski definition) is 4. The number of nitrogens with one attached hydrogen (secondary N) is 2. The molecule has 2 heterocycles. The largest absolute Gasteiger partial charge is 0.494 e. The van der Waals surface area contributed by atoms with Crippen molar-refractivity contribution >= 4 is 33.8 Å². The summed E-state index contributed by atoms with van der Waals surface area (Å²) in [5.41, 5.74) is 8.05. The van der Waals surface area contributed by atoms with Crippen LogP contribution in [0.3, 0.4) is 0 Å². The molecule has 0 saturated carbocycles. The standard InChI is InChI=1S/C19H14N6OS/c20-10-12(18-23-13-8-4-5-9-14(13)24-18)19-25(11-6-2-1-3-7-11)16(21)15(27-19)17(22)26/h1-9,21,26H,22H2,(H,23,24). The molecule has 0 atom stereocenters. The average Bonchev–Trinajstić information content (AvgIpc) is 3.24. The lowest BCUT2D eigenvalue weighted by molar-refractivity contribution is 0.493. The molecule has 0 amide bonds. The Balaban J connectivity index is 2.16. The molecule has 0 spiro atoms. The highest BCUT2D eigenvalue weighted by Gasteiger charge is 2.15. The number of imidazole rings is 1. The van der Waals surface area contributed by atoms with Crippen LogP contribution in [0.4, 0.5) is 0 Å². The molecule has 0 aliphatic heterocycles. The summed E-state index contributed by atoms with van der Waals surface area (Å²) in [5, 5.41) is 28.1. The summed E-state index contributed by atoms with van der Waals surface area (Å²) in [4.78, 5) is 7.64. The number of aliphatic hydroxyl groups is 1. The van der Waals surface area contributed by atoms with Gasteiger partial charge in [-0.3, -0.25) is 9.98 Å². The number of aliphatic hydroxyl groups excluding tert-OH is 1. The van der Waals surface area contributed by atoms with Crippen molar-refractivity contribution in [3.8, 4) is 11.8 Å². The molecule has 0 unspecified atom stereocenters. The molecule has 0 aliphatic rings. The van der Waals surface area contributed by atoms with Gasteiger partial charge >= 0.3 is 0 Å². The Morgan fingerprint density at radius 1 is 1.19 bits per heavy atom. The summed E-state index contributed by atoms with van der Waals surface area (Å²) >= 11 is 1.07. The summed E-state index contributed by atoms with van der Waals surface area (Å²) < 4.78 is 2.23. The maximum Gasteiger partial charge on any atom is 0.203 e. The van der Waals surface area contributed by atoms with Crippen LogP contribution < -0.4 is 20.4 Å². The van der Waals surface area contributed by atoms with E-state index in [1.54, 1.807) is 4.57 Å². The normalized spacial score (nSPS) is 13.3. The monoisotopic (exact) mass is 374 g/mol. The smallest absolute Gasteiger partial charge is 0.203 e. The Labute approximate surface area is 157 Å². The first kappa shape index (κ1) is 16.6. The van der Waals surface area contributed by atoms with Crippen LogP contribution >= 0.6 is 11.3 Å². The number of nitrogens with zero attached hydrogens (tertiary/aromatic N) is 3. The van der Waals surface area contributed by atoms with Gasteiger partial charge < -0.3 is 15.8 Å². The third kappa shape index (κ3) is 2.76. The van der Waals surface area contributed by atoms with Gasteiger partial charge in [0.1, 0.15) is 20.8 Å². The number of benzene rings is 2. The van der Waals surface area contributed by atoms with E-state index in [9.17, 15) is 10.4 Å². The molecule has 2 aromatic carbocycles. The molecule has 0 fully saturated rings. The zero-order chi connectivity index (χ0) is 19.0. The SMILES string of the molecule is N#CC(c1nc2ccccc2[nH]1)=c1sc(=C(N)O)c(=N)n1-c1ccccc1. The van der Waals surface area contributed by atoms with Crippen LogP contribution in [0.25, 0.3) is 28.2 Å². The molecule has 4 aromatic rings. The van der Waals surface area contributed by atoms with Gasteiger partial charge in [0, 0.05) is 5.69 Å². The molecule has 2 aromatic heterocycles. The molecule has 8 heteroatoms. The van der Waals surface area contributed by atoms with Gasteiger partial charge in [-0.05, 0) is 24.3 Å². The van der Waals surface area contributed by atoms with E-state index in [1.807, 2.05) is 54.6 Å². The lowest BCUT2D eigenvalue weighted by Crippen LogP contribution is -2.33. The van der Waals surface area contributed by atoms with E-state index >= 15 is 0 Å². The van der Waals surface area contributed by atoms with Gasteiger partial charge in [0.15, 0.2) is 11.3 Å². The molecule has 132 valence electrons. The fraction of sp³-hybridized carbons (Fsp3) is 0. The molecular formula is C19H14N6OS. The zero-order valence-electron chi connectivity index (χ0n) is 14.0. The van der Waals surface area contributed by atoms with Crippen molar-refractivity contribution in [1.29, 1.82) is 10.7 Å². The van der Waals surface area contributed by atoms with E-state index in [0.29, 0.717) is 16.2 Å². The van der Waals surface area contributed by atoms with Crippen molar-refractivity contribution in [3.63, 3.8) is 0 Å².